The molecule has 0 aliphatic heterocycles. The Morgan fingerprint density at radius 2 is 1.84 bits per heavy atom. The molecule has 3 N–H and O–H groups in total. The van der Waals surface area contributed by atoms with E-state index in [-0.39, 0.29) is 5.91 Å². The molecule has 0 heterocycles. The Hall–Kier alpha value is -1.23. The number of nitrogens with two attached hydrogens (primary N) is 1. The minimum Gasteiger partial charge on any atom is -0.399 e. The molecule has 98 valence electrons. The van der Waals surface area contributed by atoms with Gasteiger partial charge in [0.05, 0.1) is 15.6 Å². The lowest BCUT2D eigenvalue weighted by Crippen LogP contribution is -2.13. The Labute approximate surface area is 128 Å². The van der Waals surface area contributed by atoms with Crippen LogP contribution in [0.2, 0.25) is 10.0 Å². The summed E-state index contributed by atoms with van der Waals surface area (Å²) < 4.78 is 0.666. The van der Waals surface area contributed by atoms with Crippen molar-refractivity contribution >= 4 is 56.4 Å². The van der Waals surface area contributed by atoms with Gasteiger partial charge in [-0.25, -0.2) is 0 Å². The normalized spacial score (nSPS) is 10.3. The summed E-state index contributed by atoms with van der Waals surface area (Å²) in [5.41, 5.74) is 7.19. The van der Waals surface area contributed by atoms with Crippen LogP contribution in [0.5, 0.6) is 0 Å². The highest BCUT2D eigenvalue weighted by atomic mass is 79.9. The number of carbonyl (C=O) groups excluding carboxylic acids is 1. The first kappa shape index (κ1) is 14.2. The zero-order valence-electron chi connectivity index (χ0n) is 9.58. The van der Waals surface area contributed by atoms with Gasteiger partial charge in [0, 0.05) is 15.8 Å². The fraction of sp³-hybridized carbons (Fsp3) is 0. The second-order valence-electron chi connectivity index (χ2n) is 3.82. The molecular weight excluding hydrogens is 351 g/mol. The van der Waals surface area contributed by atoms with Gasteiger partial charge in [-0.15, -0.1) is 0 Å². The van der Waals surface area contributed by atoms with Crippen molar-refractivity contribution in [3.8, 4) is 0 Å². The van der Waals surface area contributed by atoms with Crippen LogP contribution in [-0.2, 0) is 0 Å². The van der Waals surface area contributed by atoms with E-state index in [0.717, 1.165) is 0 Å². The fourth-order valence-electron chi connectivity index (χ4n) is 1.49. The summed E-state index contributed by atoms with van der Waals surface area (Å²) in [5.74, 6) is -0.280. The van der Waals surface area contributed by atoms with Crippen molar-refractivity contribution < 1.29 is 4.79 Å². The molecule has 2 aromatic carbocycles. The predicted molar refractivity (Wildman–Crippen MR) is 83.0 cm³/mol. The molecule has 0 spiro atoms. The second-order valence-corrected chi connectivity index (χ2v) is 5.49. The number of rotatable bonds is 2. The van der Waals surface area contributed by atoms with E-state index in [1.54, 1.807) is 36.4 Å². The maximum atomic E-state index is 12.1. The van der Waals surface area contributed by atoms with Crippen molar-refractivity contribution in [2.45, 2.75) is 0 Å². The van der Waals surface area contributed by atoms with Gasteiger partial charge in [-0.3, -0.25) is 4.79 Å². The number of hydrogen-bond acceptors (Lipinski definition) is 2. The molecule has 19 heavy (non-hydrogen) atoms. The number of anilines is 2. The van der Waals surface area contributed by atoms with Crippen LogP contribution in [0.3, 0.4) is 0 Å². The van der Waals surface area contributed by atoms with E-state index < -0.39 is 0 Å². The van der Waals surface area contributed by atoms with E-state index in [4.69, 9.17) is 28.9 Å². The molecule has 3 nitrogen and oxygen atoms in total. The molecule has 0 aromatic heterocycles. The zero-order chi connectivity index (χ0) is 14.0. The fourth-order valence-corrected chi connectivity index (χ4v) is 2.21. The third-order valence-electron chi connectivity index (χ3n) is 2.41. The van der Waals surface area contributed by atoms with Crippen LogP contribution in [0, 0.1) is 0 Å². The van der Waals surface area contributed by atoms with Crippen LogP contribution in [0.25, 0.3) is 0 Å². The summed E-state index contributed by atoms with van der Waals surface area (Å²) in [5, 5.41) is 3.54. The highest BCUT2D eigenvalue weighted by Gasteiger charge is 2.11. The minimum atomic E-state index is -0.280. The number of benzene rings is 2. The molecule has 1 amide bonds. The van der Waals surface area contributed by atoms with Gasteiger partial charge in [0.15, 0.2) is 0 Å². The van der Waals surface area contributed by atoms with E-state index in [0.29, 0.717) is 31.5 Å². The predicted octanol–water partition coefficient (Wildman–Crippen LogP) is 4.59. The molecule has 0 aliphatic rings. The largest absolute Gasteiger partial charge is 0.399 e. The van der Waals surface area contributed by atoms with Gasteiger partial charge >= 0.3 is 0 Å². The van der Waals surface area contributed by atoms with Gasteiger partial charge in [0.1, 0.15) is 0 Å². The standard InChI is InChI=1S/C13H9BrCl2N2O/c14-10-3-1-7(17)5-9(10)13(19)18-8-2-4-11(15)12(16)6-8/h1-6H,17H2,(H,18,19). The number of nitrogens with one attached hydrogen (secondary N) is 1. The molecule has 0 atom stereocenters. The average molecular weight is 360 g/mol. The summed E-state index contributed by atoms with van der Waals surface area (Å²) in [6.45, 7) is 0. The second kappa shape index (κ2) is 5.82. The van der Waals surface area contributed by atoms with E-state index in [1.807, 2.05) is 0 Å². The topological polar surface area (TPSA) is 55.1 Å². The molecule has 0 unspecified atom stereocenters. The Bertz CT molecular complexity index is 647. The third-order valence-corrected chi connectivity index (χ3v) is 3.84. The smallest absolute Gasteiger partial charge is 0.256 e. The van der Waals surface area contributed by atoms with Gasteiger partial charge in [-0.1, -0.05) is 23.2 Å². The van der Waals surface area contributed by atoms with Crippen LogP contribution in [0.4, 0.5) is 11.4 Å². The van der Waals surface area contributed by atoms with Crippen LogP contribution in [-0.4, -0.2) is 5.91 Å². The van der Waals surface area contributed by atoms with Crippen molar-refractivity contribution in [3.63, 3.8) is 0 Å². The van der Waals surface area contributed by atoms with Crippen molar-refractivity contribution in [2.24, 2.45) is 0 Å². The molecule has 0 saturated carbocycles. The van der Waals surface area contributed by atoms with Gasteiger partial charge in [0.2, 0.25) is 0 Å². The number of amides is 1. The summed E-state index contributed by atoms with van der Waals surface area (Å²) in [7, 11) is 0. The molecular formula is C13H9BrCl2N2O. The molecule has 2 rings (SSSR count). The van der Waals surface area contributed by atoms with Crippen LogP contribution < -0.4 is 11.1 Å². The lowest BCUT2D eigenvalue weighted by molar-refractivity contribution is 0.102. The van der Waals surface area contributed by atoms with Gasteiger partial charge in [0.25, 0.3) is 5.91 Å². The van der Waals surface area contributed by atoms with Crippen LogP contribution in [0.1, 0.15) is 10.4 Å². The van der Waals surface area contributed by atoms with E-state index in [9.17, 15) is 4.79 Å². The molecule has 0 fully saturated rings. The number of hydrogen-bond donors (Lipinski definition) is 2. The number of halogens is 3. The van der Waals surface area contributed by atoms with Gasteiger partial charge in [-0.05, 0) is 52.3 Å². The lowest BCUT2D eigenvalue weighted by atomic mass is 10.2. The first-order chi connectivity index (χ1) is 8.97. The van der Waals surface area contributed by atoms with Crippen molar-refractivity contribution in [1.29, 1.82) is 0 Å². The van der Waals surface area contributed by atoms with E-state index in [2.05, 4.69) is 21.2 Å². The molecule has 6 heteroatoms. The van der Waals surface area contributed by atoms with Crippen LogP contribution in [0.15, 0.2) is 40.9 Å². The van der Waals surface area contributed by atoms with E-state index in [1.165, 1.54) is 0 Å². The lowest BCUT2D eigenvalue weighted by Gasteiger charge is -2.08. The first-order valence-electron chi connectivity index (χ1n) is 5.29. The van der Waals surface area contributed by atoms with Gasteiger partial charge in [-0.2, -0.15) is 0 Å². The van der Waals surface area contributed by atoms with Crippen molar-refractivity contribution in [3.05, 3.63) is 56.5 Å². The van der Waals surface area contributed by atoms with E-state index >= 15 is 0 Å². The summed E-state index contributed by atoms with van der Waals surface area (Å²) in [6, 6.07) is 9.90. The average Bonchev–Trinajstić information content (AvgIpc) is 2.36. The Kier molecular flexibility index (Phi) is 4.34. The SMILES string of the molecule is Nc1ccc(Br)c(C(=O)Nc2ccc(Cl)c(Cl)c2)c1. The molecule has 0 saturated heterocycles. The molecule has 0 bridgehead atoms. The molecule has 0 radical (unpaired) electrons. The quantitative estimate of drug-likeness (QED) is 0.770. The van der Waals surface area contributed by atoms with Crippen molar-refractivity contribution in [1.82, 2.24) is 0 Å². The maximum absolute atomic E-state index is 12.1. The van der Waals surface area contributed by atoms with Crippen LogP contribution >= 0.6 is 39.1 Å². The maximum Gasteiger partial charge on any atom is 0.256 e. The molecule has 2 aromatic rings. The minimum absolute atomic E-state index is 0.280. The van der Waals surface area contributed by atoms with Crippen molar-refractivity contribution in [2.75, 3.05) is 11.1 Å². The zero-order valence-corrected chi connectivity index (χ0v) is 12.7. The Morgan fingerprint density at radius 1 is 1.11 bits per heavy atom. The highest BCUT2D eigenvalue weighted by Crippen LogP contribution is 2.26. The summed E-state index contributed by atoms with van der Waals surface area (Å²) in [4.78, 5) is 12.1. The summed E-state index contributed by atoms with van der Waals surface area (Å²) in [6.07, 6.45) is 0. The monoisotopic (exact) mass is 358 g/mol. The molecule has 0 aliphatic carbocycles. The summed E-state index contributed by atoms with van der Waals surface area (Å²) >= 11 is 15.0. The van der Waals surface area contributed by atoms with Gasteiger partial charge < -0.3 is 11.1 Å². The Morgan fingerprint density at radius 3 is 2.53 bits per heavy atom. The highest BCUT2D eigenvalue weighted by molar-refractivity contribution is 9.10. The third kappa shape index (κ3) is 3.41. The number of carbonyl (C=O) groups is 1. The Balaban J connectivity index is 2.25. The first-order valence-corrected chi connectivity index (χ1v) is 6.83. The number of nitrogen functional groups attached to an aromatic ring is 1.